The molecule has 1 saturated heterocycles. The van der Waals surface area contributed by atoms with E-state index in [4.69, 9.17) is 0 Å². The minimum atomic E-state index is -0.885. The molecule has 1 atom stereocenters. The van der Waals surface area contributed by atoms with Crippen LogP contribution in [0.25, 0.3) is 0 Å². The summed E-state index contributed by atoms with van der Waals surface area (Å²) in [5, 5.41) is 12.7. The third-order valence-corrected chi connectivity index (χ3v) is 5.32. The smallest absolute Gasteiger partial charge is 0.327 e. The van der Waals surface area contributed by atoms with Crippen molar-refractivity contribution in [2.24, 2.45) is 17.3 Å². The lowest BCUT2D eigenvalue weighted by Crippen LogP contribution is -2.60. The number of nitrogens with one attached hydrogen (secondary N) is 1. The molecule has 2 saturated carbocycles. The Morgan fingerprint density at radius 3 is 2.24 bits per heavy atom. The van der Waals surface area contributed by atoms with Crippen LogP contribution in [0.2, 0.25) is 0 Å². The van der Waals surface area contributed by atoms with E-state index in [1.165, 1.54) is 25.7 Å². The number of likely N-dealkylation sites (tertiary alicyclic amines) is 1. The van der Waals surface area contributed by atoms with Crippen LogP contribution in [0.5, 0.6) is 0 Å². The Balaban J connectivity index is 1.70. The van der Waals surface area contributed by atoms with E-state index >= 15 is 0 Å². The van der Waals surface area contributed by atoms with Gasteiger partial charge in [-0.2, -0.15) is 0 Å². The topological polar surface area (TPSA) is 69.6 Å². The van der Waals surface area contributed by atoms with E-state index in [9.17, 15) is 14.7 Å². The van der Waals surface area contributed by atoms with Gasteiger partial charge in [-0.25, -0.2) is 9.59 Å². The molecule has 3 rings (SSSR count). The van der Waals surface area contributed by atoms with Crippen molar-refractivity contribution in [2.45, 2.75) is 64.5 Å². The van der Waals surface area contributed by atoms with Crippen molar-refractivity contribution in [2.75, 3.05) is 6.54 Å². The van der Waals surface area contributed by atoms with E-state index in [2.05, 4.69) is 5.32 Å². The Morgan fingerprint density at radius 1 is 1.19 bits per heavy atom. The van der Waals surface area contributed by atoms with Crippen molar-refractivity contribution < 1.29 is 14.7 Å². The van der Waals surface area contributed by atoms with Gasteiger partial charge in [-0.1, -0.05) is 13.8 Å². The minimum absolute atomic E-state index is 0.168. The fraction of sp³-hybridized carbons (Fsp3) is 0.875. The van der Waals surface area contributed by atoms with E-state index in [1.54, 1.807) is 4.90 Å². The number of hydrogen-bond acceptors (Lipinski definition) is 2. The van der Waals surface area contributed by atoms with Gasteiger partial charge >= 0.3 is 12.0 Å². The number of aliphatic carboxylic acids is 1. The van der Waals surface area contributed by atoms with Crippen LogP contribution in [0.15, 0.2) is 0 Å². The lowest BCUT2D eigenvalue weighted by atomic mass is 9.76. The maximum Gasteiger partial charge on any atom is 0.327 e. The second-order valence-corrected chi connectivity index (χ2v) is 7.68. The number of carboxylic acids is 1. The molecule has 1 unspecified atom stereocenters. The van der Waals surface area contributed by atoms with Crippen molar-refractivity contribution in [3.05, 3.63) is 0 Å². The highest BCUT2D eigenvalue weighted by molar-refractivity contribution is 5.83. The predicted molar refractivity (Wildman–Crippen MR) is 78.9 cm³/mol. The molecule has 1 heterocycles. The third kappa shape index (κ3) is 3.01. The van der Waals surface area contributed by atoms with E-state index in [1.807, 2.05) is 13.8 Å². The lowest BCUT2D eigenvalue weighted by Gasteiger charge is -2.44. The second-order valence-electron chi connectivity index (χ2n) is 7.68. The SMILES string of the molecule is CC1(C)CCCN(C(=O)NC(C2CC2)C2CC2)C1C(=O)O. The van der Waals surface area contributed by atoms with Crippen molar-refractivity contribution in [1.82, 2.24) is 10.2 Å². The largest absolute Gasteiger partial charge is 0.480 e. The summed E-state index contributed by atoms with van der Waals surface area (Å²) in [6.07, 6.45) is 6.54. The summed E-state index contributed by atoms with van der Waals surface area (Å²) >= 11 is 0. The van der Waals surface area contributed by atoms with Crippen LogP contribution in [0.4, 0.5) is 4.79 Å². The standard InChI is InChI=1S/C16H26N2O3/c1-16(2)8-3-9-18(13(16)14(19)20)15(21)17-12(10-4-5-10)11-6-7-11/h10-13H,3-9H2,1-2H3,(H,17,21)(H,19,20). The fourth-order valence-corrected chi connectivity index (χ4v) is 3.84. The van der Waals surface area contributed by atoms with Gasteiger partial charge in [-0.15, -0.1) is 0 Å². The third-order valence-electron chi connectivity index (χ3n) is 5.32. The van der Waals surface area contributed by atoms with Crippen LogP contribution >= 0.6 is 0 Å². The zero-order chi connectivity index (χ0) is 15.2. The normalized spacial score (nSPS) is 28.5. The zero-order valence-corrected chi connectivity index (χ0v) is 13.0. The summed E-state index contributed by atoms with van der Waals surface area (Å²) in [6, 6.07) is -0.610. The van der Waals surface area contributed by atoms with Gasteiger partial charge < -0.3 is 15.3 Å². The summed E-state index contributed by atoms with van der Waals surface area (Å²) in [6.45, 7) is 4.45. The van der Waals surface area contributed by atoms with Crippen molar-refractivity contribution >= 4 is 12.0 Å². The predicted octanol–water partition coefficient (Wildman–Crippen LogP) is 2.46. The van der Waals surface area contributed by atoms with Gasteiger partial charge in [0, 0.05) is 12.6 Å². The summed E-state index contributed by atoms with van der Waals surface area (Å²) in [4.78, 5) is 25.8. The van der Waals surface area contributed by atoms with Gasteiger partial charge in [-0.05, 0) is 55.8 Å². The summed E-state index contributed by atoms with van der Waals surface area (Å²) < 4.78 is 0. The molecule has 5 heteroatoms. The highest BCUT2D eigenvalue weighted by atomic mass is 16.4. The first-order valence-electron chi connectivity index (χ1n) is 8.20. The molecule has 0 aromatic carbocycles. The Morgan fingerprint density at radius 2 is 1.76 bits per heavy atom. The van der Waals surface area contributed by atoms with E-state index in [-0.39, 0.29) is 17.5 Å². The van der Waals surface area contributed by atoms with Gasteiger partial charge in [0.05, 0.1) is 0 Å². The van der Waals surface area contributed by atoms with Gasteiger partial charge in [-0.3, -0.25) is 0 Å². The fourth-order valence-electron chi connectivity index (χ4n) is 3.84. The molecule has 0 aromatic heterocycles. The molecule has 0 aromatic rings. The number of nitrogens with zero attached hydrogens (tertiary/aromatic N) is 1. The molecule has 2 amide bonds. The molecule has 2 aliphatic carbocycles. The molecular formula is C16H26N2O3. The molecule has 118 valence electrons. The van der Waals surface area contributed by atoms with E-state index in [0.717, 1.165) is 12.8 Å². The van der Waals surface area contributed by atoms with E-state index in [0.29, 0.717) is 18.4 Å². The lowest BCUT2D eigenvalue weighted by molar-refractivity contribution is -0.148. The molecule has 0 radical (unpaired) electrons. The molecule has 5 nitrogen and oxygen atoms in total. The van der Waals surface area contributed by atoms with Gasteiger partial charge in [0.1, 0.15) is 6.04 Å². The highest BCUT2D eigenvalue weighted by Crippen LogP contribution is 2.45. The van der Waals surface area contributed by atoms with Crippen molar-refractivity contribution in [3.8, 4) is 0 Å². The van der Waals surface area contributed by atoms with Crippen molar-refractivity contribution in [3.63, 3.8) is 0 Å². The summed E-state index contributed by atoms with van der Waals surface area (Å²) in [7, 11) is 0. The molecule has 3 fully saturated rings. The van der Waals surface area contributed by atoms with Gasteiger partial charge in [0.2, 0.25) is 0 Å². The average Bonchev–Trinajstić information content (AvgIpc) is 3.26. The minimum Gasteiger partial charge on any atom is -0.480 e. The van der Waals surface area contributed by atoms with Crippen LogP contribution < -0.4 is 5.32 Å². The van der Waals surface area contributed by atoms with Crippen LogP contribution in [-0.2, 0) is 4.79 Å². The number of carboxylic acid groups (broad SMARTS) is 1. The van der Waals surface area contributed by atoms with Crippen LogP contribution in [-0.4, -0.2) is 40.6 Å². The van der Waals surface area contributed by atoms with Crippen LogP contribution in [0, 0.1) is 17.3 Å². The Labute approximate surface area is 126 Å². The number of rotatable bonds is 4. The Kier molecular flexibility index (Phi) is 3.62. The maximum absolute atomic E-state index is 12.6. The first-order chi connectivity index (χ1) is 9.90. The molecular weight excluding hydrogens is 268 g/mol. The number of carbonyl (C=O) groups excluding carboxylic acids is 1. The second kappa shape index (κ2) is 5.18. The maximum atomic E-state index is 12.6. The summed E-state index contributed by atoms with van der Waals surface area (Å²) in [5.74, 6) is 0.370. The highest BCUT2D eigenvalue weighted by Gasteiger charge is 2.47. The first kappa shape index (κ1) is 14.7. The quantitative estimate of drug-likeness (QED) is 0.837. The number of urea groups is 1. The average molecular weight is 294 g/mol. The Hall–Kier alpha value is -1.26. The molecule has 2 N–H and O–H groups in total. The van der Waals surface area contributed by atoms with Gasteiger partial charge in [0.15, 0.2) is 0 Å². The molecule has 0 spiro atoms. The van der Waals surface area contributed by atoms with Gasteiger partial charge in [0.25, 0.3) is 0 Å². The van der Waals surface area contributed by atoms with Crippen LogP contribution in [0.3, 0.4) is 0 Å². The molecule has 1 aliphatic heterocycles. The van der Waals surface area contributed by atoms with Crippen LogP contribution in [0.1, 0.15) is 52.4 Å². The molecule has 3 aliphatic rings. The molecule has 0 bridgehead atoms. The first-order valence-corrected chi connectivity index (χ1v) is 8.20. The monoisotopic (exact) mass is 294 g/mol. The van der Waals surface area contributed by atoms with Crippen molar-refractivity contribution in [1.29, 1.82) is 0 Å². The zero-order valence-electron chi connectivity index (χ0n) is 13.0. The molecule has 21 heavy (non-hydrogen) atoms. The van der Waals surface area contributed by atoms with E-state index < -0.39 is 12.0 Å². The Bertz CT molecular complexity index is 429. The number of amides is 2. The number of carbonyl (C=O) groups is 2. The number of hydrogen-bond donors (Lipinski definition) is 2. The number of piperidine rings is 1. The summed E-state index contributed by atoms with van der Waals surface area (Å²) in [5.41, 5.74) is -0.365.